The third kappa shape index (κ3) is 6.20. The van der Waals surface area contributed by atoms with E-state index in [9.17, 15) is 14.3 Å². The van der Waals surface area contributed by atoms with E-state index in [2.05, 4.69) is 5.32 Å². The molecule has 5 heteroatoms. The van der Waals surface area contributed by atoms with Crippen LogP contribution in [-0.4, -0.2) is 36.1 Å². The summed E-state index contributed by atoms with van der Waals surface area (Å²) in [4.78, 5) is 13.4. The molecule has 106 valence electrons. The van der Waals surface area contributed by atoms with Crippen LogP contribution >= 0.6 is 0 Å². The maximum absolute atomic E-state index is 13.1. The second-order valence-corrected chi connectivity index (χ2v) is 5.19. The van der Waals surface area contributed by atoms with Crippen LogP contribution < -0.4 is 5.32 Å². The molecule has 0 heterocycles. The molecule has 0 atom stereocenters. The highest BCUT2D eigenvalue weighted by Crippen LogP contribution is 2.15. The van der Waals surface area contributed by atoms with E-state index in [-0.39, 0.29) is 18.2 Å². The van der Waals surface area contributed by atoms with E-state index in [0.717, 1.165) is 6.07 Å². The Balaban J connectivity index is 2.46. The second kappa shape index (κ2) is 7.09. The molecule has 0 aliphatic heterocycles. The number of rotatable bonds is 6. The van der Waals surface area contributed by atoms with Crippen LogP contribution in [0.3, 0.4) is 0 Å². The van der Waals surface area contributed by atoms with E-state index in [0.29, 0.717) is 24.6 Å². The van der Waals surface area contributed by atoms with Gasteiger partial charge in [-0.05, 0) is 30.7 Å². The first-order chi connectivity index (χ1) is 8.86. The van der Waals surface area contributed by atoms with Crippen molar-refractivity contribution < 1.29 is 14.3 Å². The molecule has 0 fully saturated rings. The van der Waals surface area contributed by atoms with Crippen molar-refractivity contribution in [1.82, 2.24) is 10.2 Å². The zero-order chi connectivity index (χ0) is 14.4. The molecule has 0 saturated carbocycles. The zero-order valence-electron chi connectivity index (χ0n) is 11.6. The number of carbonyl (C=O) groups excluding carboxylic acids is 1. The Morgan fingerprint density at radius 3 is 2.68 bits per heavy atom. The molecular weight excluding hydrogens is 247 g/mol. The average Bonchev–Trinajstić information content (AvgIpc) is 2.24. The van der Waals surface area contributed by atoms with E-state index in [1.54, 1.807) is 11.9 Å². The third-order valence-corrected chi connectivity index (χ3v) is 2.52. The van der Waals surface area contributed by atoms with Crippen LogP contribution in [0.1, 0.15) is 19.4 Å². The fraction of sp³-hybridized carbons (Fsp3) is 0.500. The van der Waals surface area contributed by atoms with Gasteiger partial charge in [-0.15, -0.1) is 0 Å². The molecule has 2 N–H and O–H groups in total. The summed E-state index contributed by atoms with van der Waals surface area (Å²) in [7, 11) is 1.77. The predicted molar refractivity (Wildman–Crippen MR) is 72.2 cm³/mol. The molecule has 1 amide bonds. The lowest BCUT2D eigenvalue weighted by Gasteiger charge is -2.17. The molecule has 0 aliphatic carbocycles. The third-order valence-electron chi connectivity index (χ3n) is 2.52. The van der Waals surface area contributed by atoms with E-state index < -0.39 is 5.82 Å². The minimum Gasteiger partial charge on any atom is -0.508 e. The minimum absolute atomic E-state index is 0.0585. The normalized spacial score (nSPS) is 11.1. The van der Waals surface area contributed by atoms with Gasteiger partial charge in [0.05, 0.1) is 6.54 Å². The Morgan fingerprint density at radius 2 is 2.11 bits per heavy atom. The molecule has 1 rings (SSSR count). The number of benzene rings is 1. The topological polar surface area (TPSA) is 52.6 Å². The van der Waals surface area contributed by atoms with Gasteiger partial charge in [0.1, 0.15) is 11.6 Å². The molecule has 0 saturated heterocycles. The Labute approximate surface area is 113 Å². The lowest BCUT2D eigenvalue weighted by Crippen LogP contribution is -2.36. The number of hydrogen-bond acceptors (Lipinski definition) is 3. The van der Waals surface area contributed by atoms with Crippen LogP contribution in [0, 0.1) is 11.7 Å². The zero-order valence-corrected chi connectivity index (χ0v) is 11.6. The first-order valence-electron chi connectivity index (χ1n) is 6.30. The highest BCUT2D eigenvalue weighted by molar-refractivity contribution is 5.77. The molecule has 1 aromatic rings. The first-order valence-corrected chi connectivity index (χ1v) is 6.30. The number of aromatic hydroxyl groups is 1. The lowest BCUT2D eigenvalue weighted by molar-refractivity contribution is -0.122. The van der Waals surface area contributed by atoms with Crippen LogP contribution in [-0.2, 0) is 11.3 Å². The summed E-state index contributed by atoms with van der Waals surface area (Å²) in [6, 6.07) is 3.90. The standard InChI is InChI=1S/C14H21FN2O2/c1-10(2)7-16-14(19)9-17(3)8-11-4-12(15)6-13(18)5-11/h4-6,10,18H,7-9H2,1-3H3,(H,16,19). The minimum atomic E-state index is -0.479. The maximum Gasteiger partial charge on any atom is 0.234 e. The highest BCUT2D eigenvalue weighted by Gasteiger charge is 2.08. The van der Waals surface area contributed by atoms with Crippen LogP contribution in [0.25, 0.3) is 0 Å². The van der Waals surface area contributed by atoms with Crippen molar-refractivity contribution >= 4 is 5.91 Å². The van der Waals surface area contributed by atoms with Crippen molar-refractivity contribution in [3.63, 3.8) is 0 Å². The summed E-state index contributed by atoms with van der Waals surface area (Å²) < 4.78 is 13.1. The Bertz CT molecular complexity index is 415. The van der Waals surface area contributed by atoms with Gasteiger partial charge in [0.2, 0.25) is 5.91 Å². The quantitative estimate of drug-likeness (QED) is 0.826. The van der Waals surface area contributed by atoms with Crippen LogP contribution in [0.2, 0.25) is 0 Å². The van der Waals surface area contributed by atoms with Gasteiger partial charge in [-0.2, -0.15) is 0 Å². The van der Waals surface area contributed by atoms with Crippen molar-refractivity contribution in [3.05, 3.63) is 29.6 Å². The molecule has 0 radical (unpaired) electrons. The fourth-order valence-corrected chi connectivity index (χ4v) is 1.71. The molecule has 1 aromatic carbocycles. The summed E-state index contributed by atoms with van der Waals surface area (Å²) in [6.07, 6.45) is 0. The fourth-order valence-electron chi connectivity index (χ4n) is 1.71. The van der Waals surface area contributed by atoms with Gasteiger partial charge in [0.25, 0.3) is 0 Å². The second-order valence-electron chi connectivity index (χ2n) is 5.19. The van der Waals surface area contributed by atoms with Gasteiger partial charge in [0.15, 0.2) is 0 Å². The summed E-state index contributed by atoms with van der Waals surface area (Å²) in [6.45, 7) is 5.34. The number of nitrogens with zero attached hydrogens (tertiary/aromatic N) is 1. The molecule has 0 aliphatic rings. The van der Waals surface area contributed by atoms with E-state index in [1.807, 2.05) is 13.8 Å². The van der Waals surface area contributed by atoms with Crippen LogP contribution in [0.15, 0.2) is 18.2 Å². The highest BCUT2D eigenvalue weighted by atomic mass is 19.1. The molecular formula is C14H21FN2O2. The van der Waals surface area contributed by atoms with Gasteiger partial charge in [-0.1, -0.05) is 13.8 Å². The number of likely N-dealkylation sites (N-methyl/N-ethyl adjacent to an activating group) is 1. The number of nitrogens with one attached hydrogen (secondary N) is 1. The van der Waals surface area contributed by atoms with Crippen molar-refractivity contribution in [3.8, 4) is 5.75 Å². The summed E-state index contributed by atoms with van der Waals surface area (Å²) in [5.74, 6) is -0.230. The Morgan fingerprint density at radius 1 is 1.42 bits per heavy atom. The lowest BCUT2D eigenvalue weighted by atomic mass is 10.2. The summed E-state index contributed by atoms with van der Waals surface area (Å²) in [5, 5.41) is 12.1. The van der Waals surface area contributed by atoms with Gasteiger partial charge >= 0.3 is 0 Å². The van der Waals surface area contributed by atoms with E-state index in [1.165, 1.54) is 12.1 Å². The number of amides is 1. The van der Waals surface area contributed by atoms with E-state index in [4.69, 9.17) is 0 Å². The van der Waals surface area contributed by atoms with Gasteiger partial charge in [0, 0.05) is 19.2 Å². The molecule has 0 aromatic heterocycles. The van der Waals surface area contributed by atoms with Crippen molar-refractivity contribution in [2.24, 2.45) is 5.92 Å². The van der Waals surface area contributed by atoms with Gasteiger partial charge in [-0.25, -0.2) is 4.39 Å². The summed E-state index contributed by atoms with van der Waals surface area (Å²) in [5.41, 5.74) is 0.636. The smallest absolute Gasteiger partial charge is 0.234 e. The SMILES string of the molecule is CC(C)CNC(=O)CN(C)Cc1cc(O)cc(F)c1. The molecule has 0 bridgehead atoms. The number of phenolic OH excluding ortho intramolecular Hbond substituents is 1. The van der Waals surface area contributed by atoms with Crippen molar-refractivity contribution in [2.45, 2.75) is 20.4 Å². The molecule has 0 unspecified atom stereocenters. The number of hydrogen-bond donors (Lipinski definition) is 2. The van der Waals surface area contributed by atoms with Gasteiger partial charge in [-0.3, -0.25) is 9.69 Å². The van der Waals surface area contributed by atoms with Crippen molar-refractivity contribution in [2.75, 3.05) is 20.1 Å². The predicted octanol–water partition coefficient (Wildman–Crippen LogP) is 1.74. The number of carbonyl (C=O) groups is 1. The first kappa shape index (κ1) is 15.4. The Kier molecular flexibility index (Phi) is 5.76. The summed E-state index contributed by atoms with van der Waals surface area (Å²) >= 11 is 0. The van der Waals surface area contributed by atoms with Crippen LogP contribution in [0.5, 0.6) is 5.75 Å². The largest absolute Gasteiger partial charge is 0.508 e. The monoisotopic (exact) mass is 268 g/mol. The van der Waals surface area contributed by atoms with Crippen LogP contribution in [0.4, 0.5) is 4.39 Å². The van der Waals surface area contributed by atoms with Gasteiger partial charge < -0.3 is 10.4 Å². The number of halogens is 1. The van der Waals surface area contributed by atoms with E-state index >= 15 is 0 Å². The molecule has 0 spiro atoms. The number of phenols is 1. The average molecular weight is 268 g/mol. The molecule has 19 heavy (non-hydrogen) atoms. The maximum atomic E-state index is 13.1. The Hall–Kier alpha value is -1.62. The van der Waals surface area contributed by atoms with Crippen molar-refractivity contribution in [1.29, 1.82) is 0 Å². The molecule has 4 nitrogen and oxygen atoms in total.